The van der Waals surface area contributed by atoms with Gasteiger partial charge in [-0.25, -0.2) is 4.79 Å². The SMILES string of the molecule is CN(C)c1cccc(-c2ccccc2)c1C(=O)O. The van der Waals surface area contributed by atoms with Crippen LogP contribution in [0.2, 0.25) is 0 Å². The van der Waals surface area contributed by atoms with Crippen LogP contribution >= 0.6 is 0 Å². The van der Waals surface area contributed by atoms with Gasteiger partial charge in [0, 0.05) is 14.1 Å². The summed E-state index contributed by atoms with van der Waals surface area (Å²) in [5.41, 5.74) is 2.71. The molecule has 2 rings (SSSR count). The maximum absolute atomic E-state index is 11.5. The number of hydrogen-bond donors (Lipinski definition) is 1. The number of aromatic carboxylic acids is 1. The maximum atomic E-state index is 11.5. The molecule has 2 aromatic rings. The van der Waals surface area contributed by atoms with Crippen molar-refractivity contribution >= 4 is 11.7 Å². The van der Waals surface area contributed by atoms with Crippen molar-refractivity contribution in [2.45, 2.75) is 0 Å². The fraction of sp³-hybridized carbons (Fsp3) is 0.133. The summed E-state index contributed by atoms with van der Waals surface area (Å²) in [6.45, 7) is 0. The van der Waals surface area contributed by atoms with E-state index in [1.165, 1.54) is 0 Å². The Morgan fingerprint density at radius 2 is 1.67 bits per heavy atom. The van der Waals surface area contributed by atoms with Gasteiger partial charge in [0.1, 0.15) is 0 Å². The zero-order valence-electron chi connectivity index (χ0n) is 10.4. The second-order valence-electron chi connectivity index (χ2n) is 4.27. The van der Waals surface area contributed by atoms with Crippen LogP contribution in [0.4, 0.5) is 5.69 Å². The first-order chi connectivity index (χ1) is 8.61. The lowest BCUT2D eigenvalue weighted by molar-refractivity contribution is 0.0698. The Labute approximate surface area is 106 Å². The molecule has 0 aromatic heterocycles. The Morgan fingerprint density at radius 1 is 1.00 bits per heavy atom. The summed E-state index contributed by atoms with van der Waals surface area (Å²) in [7, 11) is 3.69. The van der Waals surface area contributed by atoms with Gasteiger partial charge in [-0.05, 0) is 17.2 Å². The molecular weight excluding hydrogens is 226 g/mol. The van der Waals surface area contributed by atoms with Crippen LogP contribution in [0.15, 0.2) is 48.5 Å². The van der Waals surface area contributed by atoms with Crippen LogP contribution in [-0.4, -0.2) is 25.2 Å². The van der Waals surface area contributed by atoms with Gasteiger partial charge in [-0.3, -0.25) is 0 Å². The molecule has 3 nitrogen and oxygen atoms in total. The molecule has 0 bridgehead atoms. The van der Waals surface area contributed by atoms with Crippen molar-refractivity contribution in [2.75, 3.05) is 19.0 Å². The zero-order chi connectivity index (χ0) is 13.1. The first-order valence-corrected chi connectivity index (χ1v) is 5.70. The fourth-order valence-electron chi connectivity index (χ4n) is 2.00. The molecule has 0 radical (unpaired) electrons. The van der Waals surface area contributed by atoms with E-state index in [1.54, 1.807) is 0 Å². The molecule has 2 aromatic carbocycles. The Morgan fingerprint density at radius 3 is 2.22 bits per heavy atom. The third-order valence-electron chi connectivity index (χ3n) is 2.82. The van der Waals surface area contributed by atoms with Crippen LogP contribution in [-0.2, 0) is 0 Å². The van der Waals surface area contributed by atoms with Crippen LogP contribution in [0, 0.1) is 0 Å². The van der Waals surface area contributed by atoms with Gasteiger partial charge < -0.3 is 10.0 Å². The highest BCUT2D eigenvalue weighted by Crippen LogP contribution is 2.30. The molecule has 92 valence electrons. The largest absolute Gasteiger partial charge is 0.478 e. The van der Waals surface area contributed by atoms with Crippen molar-refractivity contribution < 1.29 is 9.90 Å². The number of benzene rings is 2. The molecule has 0 saturated heterocycles. The minimum Gasteiger partial charge on any atom is -0.478 e. The molecule has 0 aliphatic rings. The summed E-state index contributed by atoms with van der Waals surface area (Å²) in [6.07, 6.45) is 0. The normalized spacial score (nSPS) is 10.1. The zero-order valence-corrected chi connectivity index (χ0v) is 10.4. The van der Waals surface area contributed by atoms with Gasteiger partial charge in [0.15, 0.2) is 0 Å². The first-order valence-electron chi connectivity index (χ1n) is 5.70. The minimum absolute atomic E-state index is 0.341. The highest BCUT2D eigenvalue weighted by Gasteiger charge is 2.17. The number of hydrogen-bond acceptors (Lipinski definition) is 2. The van der Waals surface area contributed by atoms with Crippen molar-refractivity contribution in [3.8, 4) is 11.1 Å². The molecule has 0 atom stereocenters. The third kappa shape index (κ3) is 2.20. The van der Waals surface area contributed by atoms with Crippen molar-refractivity contribution in [1.29, 1.82) is 0 Å². The number of carboxylic acids is 1. The summed E-state index contributed by atoms with van der Waals surface area (Å²) < 4.78 is 0. The Balaban J connectivity index is 2.68. The topological polar surface area (TPSA) is 40.5 Å². The molecule has 0 saturated carbocycles. The van der Waals surface area contributed by atoms with E-state index >= 15 is 0 Å². The summed E-state index contributed by atoms with van der Waals surface area (Å²) in [5.74, 6) is -0.904. The molecule has 0 unspecified atom stereocenters. The van der Waals surface area contributed by atoms with E-state index in [1.807, 2.05) is 67.5 Å². The smallest absolute Gasteiger partial charge is 0.338 e. The molecule has 0 heterocycles. The minimum atomic E-state index is -0.904. The Hall–Kier alpha value is -2.29. The molecule has 0 fully saturated rings. The monoisotopic (exact) mass is 241 g/mol. The van der Waals surface area contributed by atoms with Gasteiger partial charge in [-0.15, -0.1) is 0 Å². The van der Waals surface area contributed by atoms with Gasteiger partial charge in [-0.1, -0.05) is 42.5 Å². The van der Waals surface area contributed by atoms with Crippen LogP contribution in [0.5, 0.6) is 0 Å². The van der Waals surface area contributed by atoms with E-state index < -0.39 is 5.97 Å². The average molecular weight is 241 g/mol. The second kappa shape index (κ2) is 4.92. The van der Waals surface area contributed by atoms with E-state index in [4.69, 9.17) is 0 Å². The second-order valence-corrected chi connectivity index (χ2v) is 4.27. The highest BCUT2D eigenvalue weighted by atomic mass is 16.4. The lowest BCUT2D eigenvalue weighted by Gasteiger charge is -2.18. The average Bonchev–Trinajstić information content (AvgIpc) is 2.38. The molecule has 0 amide bonds. The quantitative estimate of drug-likeness (QED) is 0.897. The van der Waals surface area contributed by atoms with Crippen molar-refractivity contribution in [1.82, 2.24) is 0 Å². The Bertz CT molecular complexity index is 562. The molecular formula is C15H15NO2. The number of anilines is 1. The Kier molecular flexibility index (Phi) is 3.33. The van der Waals surface area contributed by atoms with Crippen LogP contribution < -0.4 is 4.90 Å². The van der Waals surface area contributed by atoms with E-state index in [-0.39, 0.29) is 0 Å². The molecule has 0 spiro atoms. The molecule has 1 N–H and O–H groups in total. The number of rotatable bonds is 3. The van der Waals surface area contributed by atoms with Gasteiger partial charge in [0.2, 0.25) is 0 Å². The summed E-state index contributed by atoms with van der Waals surface area (Å²) in [5, 5.41) is 9.43. The first kappa shape index (κ1) is 12.2. The van der Waals surface area contributed by atoms with Gasteiger partial charge in [-0.2, -0.15) is 0 Å². The van der Waals surface area contributed by atoms with Crippen LogP contribution in [0.1, 0.15) is 10.4 Å². The number of nitrogens with zero attached hydrogens (tertiary/aromatic N) is 1. The fourth-order valence-corrected chi connectivity index (χ4v) is 2.00. The van der Waals surface area contributed by atoms with E-state index in [0.717, 1.165) is 11.1 Å². The molecule has 3 heteroatoms. The third-order valence-corrected chi connectivity index (χ3v) is 2.82. The van der Waals surface area contributed by atoms with Crippen molar-refractivity contribution in [3.63, 3.8) is 0 Å². The van der Waals surface area contributed by atoms with Gasteiger partial charge >= 0.3 is 5.97 Å². The molecule has 18 heavy (non-hydrogen) atoms. The maximum Gasteiger partial charge on any atom is 0.338 e. The lowest BCUT2D eigenvalue weighted by Crippen LogP contribution is -2.14. The van der Waals surface area contributed by atoms with E-state index in [2.05, 4.69) is 0 Å². The molecule has 0 aliphatic carbocycles. The van der Waals surface area contributed by atoms with Crippen molar-refractivity contribution in [2.24, 2.45) is 0 Å². The number of carbonyl (C=O) groups is 1. The standard InChI is InChI=1S/C15H15NO2/c1-16(2)13-10-6-9-12(14(13)15(17)18)11-7-4-3-5-8-11/h3-10H,1-2H3,(H,17,18). The number of carboxylic acid groups (broad SMARTS) is 1. The molecule has 0 aliphatic heterocycles. The highest BCUT2D eigenvalue weighted by molar-refractivity contribution is 6.01. The predicted molar refractivity (Wildman–Crippen MR) is 73.2 cm³/mol. The van der Waals surface area contributed by atoms with Crippen LogP contribution in [0.25, 0.3) is 11.1 Å². The van der Waals surface area contributed by atoms with E-state index in [0.29, 0.717) is 11.3 Å². The van der Waals surface area contributed by atoms with E-state index in [9.17, 15) is 9.90 Å². The summed E-state index contributed by atoms with van der Waals surface area (Å²) in [6, 6.07) is 15.1. The summed E-state index contributed by atoms with van der Waals surface area (Å²) in [4.78, 5) is 13.3. The van der Waals surface area contributed by atoms with Crippen LogP contribution in [0.3, 0.4) is 0 Å². The van der Waals surface area contributed by atoms with Crippen molar-refractivity contribution in [3.05, 3.63) is 54.1 Å². The van der Waals surface area contributed by atoms with Gasteiger partial charge in [0.05, 0.1) is 11.3 Å². The lowest BCUT2D eigenvalue weighted by atomic mass is 9.98. The predicted octanol–water partition coefficient (Wildman–Crippen LogP) is 3.12. The summed E-state index contributed by atoms with van der Waals surface area (Å²) >= 11 is 0. The van der Waals surface area contributed by atoms with Gasteiger partial charge in [0.25, 0.3) is 0 Å².